The fraction of sp³-hybridized carbons (Fsp3) is 0.400. The van der Waals surface area contributed by atoms with Gasteiger partial charge in [0, 0.05) is 11.9 Å². The highest BCUT2D eigenvalue weighted by atomic mass is 14.7. The summed E-state index contributed by atoms with van der Waals surface area (Å²) in [6, 6.07) is 3.74. The van der Waals surface area contributed by atoms with Gasteiger partial charge in [-0.05, 0) is 12.3 Å². The minimum Gasteiger partial charge on any atom is -0.273 e. The molecule has 0 atom stereocenters. The standard InChI is InChI=1S/C10H12N2/c1-8(2)6-9-4-5-10(11-3)7-12-9/h4-5,7-8H,6H2,1-2H3. The summed E-state index contributed by atoms with van der Waals surface area (Å²) in [4.78, 5) is 7.45. The lowest BCUT2D eigenvalue weighted by molar-refractivity contribution is 0.635. The molecule has 0 amide bonds. The molecule has 0 aromatic carbocycles. The lowest BCUT2D eigenvalue weighted by Crippen LogP contribution is -1.95. The SMILES string of the molecule is [C-]#[N+]c1ccc(CC(C)C)nc1. The maximum Gasteiger partial charge on any atom is 0.205 e. The van der Waals surface area contributed by atoms with Gasteiger partial charge in [0.05, 0.1) is 6.57 Å². The van der Waals surface area contributed by atoms with E-state index in [1.807, 2.05) is 12.1 Å². The maximum absolute atomic E-state index is 6.74. The molecule has 0 radical (unpaired) electrons. The van der Waals surface area contributed by atoms with E-state index in [0.717, 1.165) is 12.1 Å². The highest BCUT2D eigenvalue weighted by molar-refractivity contribution is 5.41. The van der Waals surface area contributed by atoms with Gasteiger partial charge in [0.25, 0.3) is 0 Å². The van der Waals surface area contributed by atoms with Gasteiger partial charge in [-0.3, -0.25) is 4.98 Å². The first kappa shape index (κ1) is 8.73. The molecule has 0 N–H and O–H groups in total. The van der Waals surface area contributed by atoms with Crippen LogP contribution in [0.1, 0.15) is 19.5 Å². The third-order valence-electron chi connectivity index (χ3n) is 1.56. The van der Waals surface area contributed by atoms with Crippen LogP contribution in [0, 0.1) is 12.5 Å². The summed E-state index contributed by atoms with van der Waals surface area (Å²) in [6.07, 6.45) is 2.61. The number of hydrogen-bond acceptors (Lipinski definition) is 1. The highest BCUT2D eigenvalue weighted by Gasteiger charge is 1.98. The first-order valence-electron chi connectivity index (χ1n) is 4.04. The second-order valence-electron chi connectivity index (χ2n) is 3.22. The number of rotatable bonds is 2. The minimum atomic E-state index is 0.613. The van der Waals surface area contributed by atoms with E-state index in [4.69, 9.17) is 6.57 Å². The topological polar surface area (TPSA) is 17.2 Å². The van der Waals surface area contributed by atoms with Crippen LogP contribution < -0.4 is 0 Å². The summed E-state index contributed by atoms with van der Waals surface area (Å²) in [5.74, 6) is 0.622. The molecule has 1 heterocycles. The molecule has 0 aliphatic carbocycles. The fourth-order valence-electron chi connectivity index (χ4n) is 1.02. The molecule has 2 nitrogen and oxygen atoms in total. The van der Waals surface area contributed by atoms with Crippen molar-refractivity contribution in [2.45, 2.75) is 20.3 Å². The Morgan fingerprint density at radius 3 is 2.67 bits per heavy atom. The Labute approximate surface area is 73.1 Å². The normalized spacial score (nSPS) is 9.83. The van der Waals surface area contributed by atoms with Crippen LogP contribution in [-0.4, -0.2) is 4.98 Å². The van der Waals surface area contributed by atoms with Crippen molar-refractivity contribution in [2.75, 3.05) is 0 Å². The van der Waals surface area contributed by atoms with E-state index >= 15 is 0 Å². The minimum absolute atomic E-state index is 0.613. The van der Waals surface area contributed by atoms with Gasteiger partial charge in [0.15, 0.2) is 0 Å². The van der Waals surface area contributed by atoms with E-state index in [-0.39, 0.29) is 0 Å². The molecule has 12 heavy (non-hydrogen) atoms. The zero-order valence-corrected chi connectivity index (χ0v) is 7.41. The highest BCUT2D eigenvalue weighted by Crippen LogP contribution is 2.11. The van der Waals surface area contributed by atoms with E-state index in [0.29, 0.717) is 11.6 Å². The fourth-order valence-corrected chi connectivity index (χ4v) is 1.02. The largest absolute Gasteiger partial charge is 0.273 e. The molecule has 0 saturated carbocycles. The number of nitrogens with zero attached hydrogens (tertiary/aromatic N) is 2. The Morgan fingerprint density at radius 1 is 1.50 bits per heavy atom. The van der Waals surface area contributed by atoms with Crippen molar-refractivity contribution in [3.63, 3.8) is 0 Å². The first-order valence-corrected chi connectivity index (χ1v) is 4.04. The van der Waals surface area contributed by atoms with Crippen LogP contribution in [0.2, 0.25) is 0 Å². The summed E-state index contributed by atoms with van der Waals surface area (Å²) in [6.45, 7) is 11.1. The van der Waals surface area contributed by atoms with Gasteiger partial charge in [-0.25, -0.2) is 4.85 Å². The van der Waals surface area contributed by atoms with Crippen molar-refractivity contribution in [1.82, 2.24) is 4.98 Å². The maximum atomic E-state index is 6.74. The second-order valence-corrected chi connectivity index (χ2v) is 3.22. The van der Waals surface area contributed by atoms with E-state index in [1.54, 1.807) is 6.20 Å². The van der Waals surface area contributed by atoms with Gasteiger partial charge < -0.3 is 0 Å². The second kappa shape index (κ2) is 3.87. The van der Waals surface area contributed by atoms with Crippen molar-refractivity contribution >= 4 is 5.69 Å². The third-order valence-corrected chi connectivity index (χ3v) is 1.56. The summed E-state index contributed by atoms with van der Waals surface area (Å²) in [7, 11) is 0. The molecule has 0 unspecified atom stereocenters. The Morgan fingerprint density at radius 2 is 2.25 bits per heavy atom. The number of aromatic nitrogens is 1. The lowest BCUT2D eigenvalue weighted by Gasteiger charge is -2.02. The third kappa shape index (κ3) is 2.35. The van der Waals surface area contributed by atoms with Gasteiger partial charge in [-0.15, -0.1) is 0 Å². The number of pyridine rings is 1. The quantitative estimate of drug-likeness (QED) is 0.608. The van der Waals surface area contributed by atoms with Crippen LogP contribution in [-0.2, 0) is 6.42 Å². The molecule has 62 valence electrons. The van der Waals surface area contributed by atoms with Crippen molar-refractivity contribution in [3.8, 4) is 0 Å². The van der Waals surface area contributed by atoms with E-state index in [1.165, 1.54) is 0 Å². The van der Waals surface area contributed by atoms with E-state index in [9.17, 15) is 0 Å². The smallest absolute Gasteiger partial charge is 0.205 e. The molecule has 0 spiro atoms. The van der Waals surface area contributed by atoms with Crippen molar-refractivity contribution in [1.29, 1.82) is 0 Å². The van der Waals surface area contributed by atoms with Gasteiger partial charge in [0.2, 0.25) is 5.69 Å². The van der Waals surface area contributed by atoms with Gasteiger partial charge >= 0.3 is 0 Å². The van der Waals surface area contributed by atoms with Crippen LogP contribution in [0.15, 0.2) is 18.3 Å². The summed E-state index contributed by atoms with van der Waals surface area (Å²) < 4.78 is 0. The van der Waals surface area contributed by atoms with Gasteiger partial charge in [-0.2, -0.15) is 0 Å². The summed E-state index contributed by atoms with van der Waals surface area (Å²) in [5, 5.41) is 0. The van der Waals surface area contributed by atoms with Crippen LogP contribution >= 0.6 is 0 Å². The zero-order valence-electron chi connectivity index (χ0n) is 7.41. The average Bonchev–Trinajstić information content (AvgIpc) is 2.05. The molecule has 1 rings (SSSR count). The van der Waals surface area contributed by atoms with Crippen LogP contribution in [0.3, 0.4) is 0 Å². The zero-order chi connectivity index (χ0) is 8.97. The first-order chi connectivity index (χ1) is 5.72. The van der Waals surface area contributed by atoms with E-state index < -0.39 is 0 Å². The lowest BCUT2D eigenvalue weighted by atomic mass is 10.1. The molecule has 0 bridgehead atoms. The van der Waals surface area contributed by atoms with Crippen molar-refractivity contribution in [3.05, 3.63) is 35.4 Å². The number of hydrogen-bond donors (Lipinski definition) is 0. The van der Waals surface area contributed by atoms with Crippen LogP contribution in [0.4, 0.5) is 5.69 Å². The summed E-state index contributed by atoms with van der Waals surface area (Å²) in [5.41, 5.74) is 1.68. The summed E-state index contributed by atoms with van der Waals surface area (Å²) >= 11 is 0. The van der Waals surface area contributed by atoms with Crippen molar-refractivity contribution in [2.24, 2.45) is 5.92 Å². The van der Waals surface area contributed by atoms with Gasteiger partial charge in [-0.1, -0.05) is 26.0 Å². The van der Waals surface area contributed by atoms with Gasteiger partial charge in [0.1, 0.15) is 0 Å². The molecule has 0 fully saturated rings. The van der Waals surface area contributed by atoms with Crippen molar-refractivity contribution < 1.29 is 0 Å². The molecule has 0 aliphatic heterocycles. The Kier molecular flexibility index (Phi) is 2.82. The average molecular weight is 160 g/mol. The molecular formula is C10H12N2. The molecule has 1 aromatic heterocycles. The molecule has 2 heteroatoms. The Hall–Kier alpha value is -1.36. The molecule has 1 aromatic rings. The predicted molar refractivity (Wildman–Crippen MR) is 49.0 cm³/mol. The van der Waals surface area contributed by atoms with E-state index in [2.05, 4.69) is 23.7 Å². The Bertz CT molecular complexity index is 280. The molecular weight excluding hydrogens is 148 g/mol. The van der Waals surface area contributed by atoms with Crippen LogP contribution in [0.5, 0.6) is 0 Å². The monoisotopic (exact) mass is 160 g/mol. The predicted octanol–water partition coefficient (Wildman–Crippen LogP) is 2.83. The Balaban J connectivity index is 2.73. The molecule has 0 aliphatic rings. The molecule has 0 saturated heterocycles. The van der Waals surface area contributed by atoms with Crippen LogP contribution in [0.25, 0.3) is 4.85 Å².